The summed E-state index contributed by atoms with van der Waals surface area (Å²) in [4.78, 5) is 4.51. The highest BCUT2D eigenvalue weighted by Gasteiger charge is 2.14. The summed E-state index contributed by atoms with van der Waals surface area (Å²) in [7, 11) is 0. The fourth-order valence-corrected chi connectivity index (χ4v) is 3.25. The van der Waals surface area contributed by atoms with Gasteiger partial charge in [-0.15, -0.1) is 24.0 Å². The second kappa shape index (κ2) is 14.8. The zero-order chi connectivity index (χ0) is 20.2. The lowest BCUT2D eigenvalue weighted by Crippen LogP contribution is -2.38. The molecule has 0 aliphatic heterocycles. The Morgan fingerprint density at radius 1 is 1.17 bits per heavy atom. The van der Waals surface area contributed by atoms with Crippen molar-refractivity contribution >= 4 is 29.9 Å². The van der Waals surface area contributed by atoms with Crippen molar-refractivity contribution in [2.45, 2.75) is 71.2 Å². The van der Waals surface area contributed by atoms with Gasteiger partial charge in [0.1, 0.15) is 5.75 Å². The molecule has 0 radical (unpaired) electrons. The molecule has 0 aromatic heterocycles. The van der Waals surface area contributed by atoms with Gasteiger partial charge >= 0.3 is 0 Å². The van der Waals surface area contributed by atoms with Gasteiger partial charge in [0, 0.05) is 19.7 Å². The monoisotopic (exact) mass is 519 g/mol. The Morgan fingerprint density at radius 2 is 1.86 bits per heavy atom. The van der Waals surface area contributed by atoms with Crippen molar-refractivity contribution in [1.29, 1.82) is 0 Å². The zero-order valence-electron chi connectivity index (χ0n) is 18.0. The van der Waals surface area contributed by atoms with Crippen LogP contribution in [-0.2, 0) is 4.74 Å². The highest BCUT2D eigenvalue weighted by atomic mass is 127. The van der Waals surface area contributed by atoms with E-state index in [0.29, 0.717) is 12.6 Å². The summed E-state index contributed by atoms with van der Waals surface area (Å²) in [6, 6.07) is 7.55. The second-order valence-electron chi connectivity index (χ2n) is 7.53. The maximum absolute atomic E-state index is 10.4. The van der Waals surface area contributed by atoms with Gasteiger partial charge in [-0.2, -0.15) is 0 Å². The van der Waals surface area contributed by atoms with Gasteiger partial charge in [0.05, 0.1) is 24.9 Å². The van der Waals surface area contributed by atoms with Gasteiger partial charge in [-0.1, -0.05) is 25.0 Å². The van der Waals surface area contributed by atoms with Crippen molar-refractivity contribution in [2.75, 3.05) is 26.2 Å². The Balaban J connectivity index is 0.00000420. The number of nitrogens with zero attached hydrogens (tertiary/aromatic N) is 1. The van der Waals surface area contributed by atoms with Gasteiger partial charge in [-0.05, 0) is 57.7 Å². The van der Waals surface area contributed by atoms with Crippen LogP contribution in [-0.4, -0.2) is 49.5 Å². The van der Waals surface area contributed by atoms with Crippen LogP contribution in [0.4, 0.5) is 0 Å². The summed E-state index contributed by atoms with van der Waals surface area (Å²) >= 11 is 0. The molecule has 166 valence electrons. The van der Waals surface area contributed by atoms with Crippen LogP contribution in [0.5, 0.6) is 5.75 Å². The number of aliphatic hydroxyl groups excluding tert-OH is 1. The predicted octanol–water partition coefficient (Wildman–Crippen LogP) is 4.03. The average Bonchev–Trinajstić information content (AvgIpc) is 3.19. The standard InChI is InChI=1S/C22H37N3O3.HI/c1-4-23-22(24-14-7-15-27-19-8-5-6-9-19)25-16-21(26)18-10-12-20(13-11-18)28-17(2)3;/h10-13,17,19,21,26H,4-9,14-16H2,1-3H3,(H2,23,24,25);1H. The molecule has 29 heavy (non-hydrogen) atoms. The number of aliphatic imine (C=N–C) groups is 1. The predicted molar refractivity (Wildman–Crippen MR) is 129 cm³/mol. The number of ether oxygens (including phenoxy) is 2. The van der Waals surface area contributed by atoms with Crippen LogP contribution in [0.25, 0.3) is 0 Å². The van der Waals surface area contributed by atoms with E-state index in [9.17, 15) is 5.11 Å². The van der Waals surface area contributed by atoms with Crippen molar-refractivity contribution in [3.63, 3.8) is 0 Å². The van der Waals surface area contributed by atoms with Crippen LogP contribution in [0.2, 0.25) is 0 Å². The van der Waals surface area contributed by atoms with Crippen molar-refractivity contribution in [3.05, 3.63) is 29.8 Å². The quantitative estimate of drug-likeness (QED) is 0.178. The van der Waals surface area contributed by atoms with Gasteiger partial charge in [0.2, 0.25) is 0 Å². The molecule has 6 nitrogen and oxygen atoms in total. The maximum Gasteiger partial charge on any atom is 0.191 e. The number of nitrogens with one attached hydrogen (secondary N) is 2. The lowest BCUT2D eigenvalue weighted by Gasteiger charge is -2.15. The molecule has 0 amide bonds. The second-order valence-corrected chi connectivity index (χ2v) is 7.53. The Morgan fingerprint density at radius 3 is 2.48 bits per heavy atom. The number of benzene rings is 1. The molecule has 7 heteroatoms. The van der Waals surface area contributed by atoms with Crippen LogP contribution in [0.1, 0.15) is 64.5 Å². The lowest BCUT2D eigenvalue weighted by atomic mass is 10.1. The van der Waals surface area contributed by atoms with E-state index < -0.39 is 6.10 Å². The third-order valence-corrected chi connectivity index (χ3v) is 4.67. The Hall–Kier alpha value is -1.06. The van der Waals surface area contributed by atoms with E-state index in [2.05, 4.69) is 15.6 Å². The molecule has 1 aliphatic carbocycles. The first-order valence-electron chi connectivity index (χ1n) is 10.7. The first-order chi connectivity index (χ1) is 13.6. The molecule has 1 aromatic carbocycles. The van der Waals surface area contributed by atoms with Gasteiger partial charge in [0.25, 0.3) is 0 Å². The van der Waals surface area contributed by atoms with Crippen LogP contribution in [0, 0.1) is 0 Å². The summed E-state index contributed by atoms with van der Waals surface area (Å²) in [5, 5.41) is 16.9. The fourth-order valence-electron chi connectivity index (χ4n) is 3.25. The van der Waals surface area contributed by atoms with Crippen molar-refractivity contribution in [2.24, 2.45) is 4.99 Å². The van der Waals surface area contributed by atoms with Gasteiger partial charge in [-0.3, -0.25) is 4.99 Å². The van der Waals surface area contributed by atoms with Crippen LogP contribution >= 0.6 is 24.0 Å². The molecule has 0 heterocycles. The molecular formula is C22H38IN3O3. The molecule has 1 aliphatic rings. The number of rotatable bonds is 11. The van der Waals surface area contributed by atoms with Crippen LogP contribution < -0.4 is 15.4 Å². The van der Waals surface area contributed by atoms with Crippen LogP contribution in [0.15, 0.2) is 29.3 Å². The third kappa shape index (κ3) is 10.5. The van der Waals surface area contributed by atoms with E-state index in [1.165, 1.54) is 25.7 Å². The van der Waals surface area contributed by atoms with E-state index >= 15 is 0 Å². The smallest absolute Gasteiger partial charge is 0.191 e. The first kappa shape index (κ1) is 26.0. The van der Waals surface area contributed by atoms with E-state index in [4.69, 9.17) is 9.47 Å². The summed E-state index contributed by atoms with van der Waals surface area (Å²) in [6.45, 7) is 8.69. The molecule has 1 saturated carbocycles. The highest BCUT2D eigenvalue weighted by Crippen LogP contribution is 2.21. The summed E-state index contributed by atoms with van der Waals surface area (Å²) in [5.74, 6) is 1.53. The van der Waals surface area contributed by atoms with Crippen molar-refractivity contribution < 1.29 is 14.6 Å². The Bertz CT molecular complexity index is 575. The van der Waals surface area contributed by atoms with E-state index in [-0.39, 0.29) is 30.1 Å². The topological polar surface area (TPSA) is 75.1 Å². The summed E-state index contributed by atoms with van der Waals surface area (Å²) < 4.78 is 11.5. The van der Waals surface area contributed by atoms with E-state index in [0.717, 1.165) is 43.4 Å². The molecule has 1 fully saturated rings. The van der Waals surface area contributed by atoms with Gasteiger partial charge in [0.15, 0.2) is 5.96 Å². The minimum absolute atomic E-state index is 0. The first-order valence-corrected chi connectivity index (χ1v) is 10.7. The number of guanidine groups is 1. The summed E-state index contributed by atoms with van der Waals surface area (Å²) in [6.07, 6.45) is 5.92. The highest BCUT2D eigenvalue weighted by molar-refractivity contribution is 14.0. The number of hydrogen-bond donors (Lipinski definition) is 3. The Labute approximate surface area is 192 Å². The van der Waals surface area contributed by atoms with Gasteiger partial charge in [-0.25, -0.2) is 0 Å². The van der Waals surface area contributed by atoms with Crippen molar-refractivity contribution in [1.82, 2.24) is 10.6 Å². The number of halogens is 1. The average molecular weight is 519 g/mol. The molecule has 1 atom stereocenters. The SMILES string of the molecule is CCNC(=NCC(O)c1ccc(OC(C)C)cc1)NCCCOC1CCCC1.I. The third-order valence-electron chi connectivity index (χ3n) is 4.67. The number of aliphatic hydroxyl groups is 1. The minimum atomic E-state index is -0.644. The molecule has 1 aromatic rings. The summed E-state index contributed by atoms with van der Waals surface area (Å²) in [5.41, 5.74) is 0.834. The molecular weight excluding hydrogens is 481 g/mol. The molecule has 1 unspecified atom stereocenters. The number of hydrogen-bond acceptors (Lipinski definition) is 4. The minimum Gasteiger partial charge on any atom is -0.491 e. The molecule has 2 rings (SSSR count). The van der Waals surface area contributed by atoms with E-state index in [1.54, 1.807) is 0 Å². The Kier molecular flexibility index (Phi) is 13.3. The maximum atomic E-state index is 10.4. The molecule has 0 saturated heterocycles. The largest absolute Gasteiger partial charge is 0.491 e. The normalized spacial score (nSPS) is 15.8. The van der Waals surface area contributed by atoms with Crippen molar-refractivity contribution in [3.8, 4) is 5.75 Å². The van der Waals surface area contributed by atoms with E-state index in [1.807, 2.05) is 45.0 Å². The molecule has 0 bridgehead atoms. The zero-order valence-corrected chi connectivity index (χ0v) is 20.4. The van der Waals surface area contributed by atoms with Gasteiger partial charge < -0.3 is 25.2 Å². The lowest BCUT2D eigenvalue weighted by molar-refractivity contribution is 0.0574. The molecule has 3 N–H and O–H groups in total. The van der Waals surface area contributed by atoms with Crippen LogP contribution in [0.3, 0.4) is 0 Å². The fraction of sp³-hybridized carbons (Fsp3) is 0.682. The molecule has 0 spiro atoms.